The van der Waals surface area contributed by atoms with Crippen LogP contribution in [0, 0.1) is 11.2 Å². The SMILES string of the molecule is CC(C)(C)COC(=O)c1cccc(F)c1. The van der Waals surface area contributed by atoms with Crippen molar-refractivity contribution in [3.63, 3.8) is 0 Å². The zero-order valence-electron chi connectivity index (χ0n) is 9.21. The molecule has 3 heteroatoms. The van der Waals surface area contributed by atoms with Crippen molar-refractivity contribution in [1.29, 1.82) is 0 Å². The molecule has 0 N–H and O–H groups in total. The first-order valence-electron chi connectivity index (χ1n) is 4.81. The second kappa shape index (κ2) is 4.43. The van der Waals surface area contributed by atoms with Crippen LogP contribution in [0.2, 0.25) is 0 Å². The van der Waals surface area contributed by atoms with E-state index in [0.717, 1.165) is 0 Å². The standard InChI is InChI=1S/C12H15FO2/c1-12(2,3)8-15-11(14)9-5-4-6-10(13)7-9/h4-7H,8H2,1-3H3. The van der Waals surface area contributed by atoms with Crippen molar-refractivity contribution in [2.75, 3.05) is 6.61 Å². The third-order valence-electron chi connectivity index (χ3n) is 1.70. The van der Waals surface area contributed by atoms with E-state index in [0.29, 0.717) is 6.61 Å². The first kappa shape index (κ1) is 11.7. The Morgan fingerprint density at radius 2 is 2.07 bits per heavy atom. The van der Waals surface area contributed by atoms with Crippen LogP contribution in [0.4, 0.5) is 4.39 Å². The van der Waals surface area contributed by atoms with Crippen molar-refractivity contribution < 1.29 is 13.9 Å². The molecule has 0 unspecified atom stereocenters. The molecule has 0 fully saturated rings. The van der Waals surface area contributed by atoms with Crippen molar-refractivity contribution in [3.8, 4) is 0 Å². The topological polar surface area (TPSA) is 26.3 Å². The molecule has 82 valence electrons. The van der Waals surface area contributed by atoms with Gasteiger partial charge in [-0.15, -0.1) is 0 Å². The van der Waals surface area contributed by atoms with Gasteiger partial charge in [-0.2, -0.15) is 0 Å². The van der Waals surface area contributed by atoms with Gasteiger partial charge in [0.15, 0.2) is 0 Å². The molecular weight excluding hydrogens is 195 g/mol. The summed E-state index contributed by atoms with van der Waals surface area (Å²) in [5.41, 5.74) is 0.169. The van der Waals surface area contributed by atoms with Crippen LogP contribution in [-0.4, -0.2) is 12.6 Å². The molecule has 0 radical (unpaired) electrons. The summed E-state index contributed by atoms with van der Waals surface area (Å²) >= 11 is 0. The van der Waals surface area contributed by atoms with Crippen LogP contribution in [0.1, 0.15) is 31.1 Å². The Balaban J connectivity index is 2.62. The smallest absolute Gasteiger partial charge is 0.338 e. The molecule has 0 saturated carbocycles. The summed E-state index contributed by atoms with van der Waals surface area (Å²) in [6.45, 7) is 6.21. The van der Waals surface area contributed by atoms with Crippen LogP contribution in [0.15, 0.2) is 24.3 Å². The lowest BCUT2D eigenvalue weighted by Gasteiger charge is -2.17. The number of rotatable bonds is 2. The van der Waals surface area contributed by atoms with Gasteiger partial charge in [0.1, 0.15) is 5.82 Å². The molecule has 1 aromatic carbocycles. The van der Waals surface area contributed by atoms with Gasteiger partial charge >= 0.3 is 5.97 Å². The highest BCUT2D eigenvalue weighted by molar-refractivity contribution is 5.89. The molecule has 0 aromatic heterocycles. The normalized spacial score (nSPS) is 11.2. The fourth-order valence-corrected chi connectivity index (χ4v) is 0.981. The molecule has 0 bridgehead atoms. The Bertz CT molecular complexity index is 353. The maximum Gasteiger partial charge on any atom is 0.338 e. The molecule has 1 aromatic rings. The quantitative estimate of drug-likeness (QED) is 0.701. The number of carbonyl (C=O) groups excluding carboxylic acids is 1. The van der Waals surface area contributed by atoms with Gasteiger partial charge in [-0.3, -0.25) is 0 Å². The van der Waals surface area contributed by atoms with Crippen LogP contribution in [0.5, 0.6) is 0 Å². The fraction of sp³-hybridized carbons (Fsp3) is 0.417. The Labute approximate surface area is 89.1 Å². The lowest BCUT2D eigenvalue weighted by molar-refractivity contribution is 0.0366. The highest BCUT2D eigenvalue weighted by Gasteiger charge is 2.15. The highest BCUT2D eigenvalue weighted by atomic mass is 19.1. The van der Waals surface area contributed by atoms with E-state index >= 15 is 0 Å². The molecule has 0 saturated heterocycles. The van der Waals surface area contributed by atoms with Crippen molar-refractivity contribution in [1.82, 2.24) is 0 Å². The predicted octanol–water partition coefficient (Wildman–Crippen LogP) is 3.03. The minimum Gasteiger partial charge on any atom is -0.462 e. The monoisotopic (exact) mass is 210 g/mol. The van der Waals surface area contributed by atoms with E-state index < -0.39 is 11.8 Å². The molecule has 0 aliphatic carbocycles. The summed E-state index contributed by atoms with van der Waals surface area (Å²) in [6, 6.07) is 5.49. The zero-order chi connectivity index (χ0) is 11.5. The van der Waals surface area contributed by atoms with Gasteiger partial charge < -0.3 is 4.74 Å². The summed E-state index contributed by atoms with van der Waals surface area (Å²) in [5.74, 6) is -0.912. The summed E-state index contributed by atoms with van der Waals surface area (Å²) in [7, 11) is 0. The van der Waals surface area contributed by atoms with E-state index in [2.05, 4.69) is 0 Å². The number of carbonyl (C=O) groups is 1. The third kappa shape index (κ3) is 4.11. The van der Waals surface area contributed by atoms with Gasteiger partial charge in [0.2, 0.25) is 0 Å². The van der Waals surface area contributed by atoms with E-state index in [9.17, 15) is 9.18 Å². The van der Waals surface area contributed by atoms with Crippen LogP contribution in [0.25, 0.3) is 0 Å². The largest absolute Gasteiger partial charge is 0.462 e. The van der Waals surface area contributed by atoms with Crippen molar-refractivity contribution >= 4 is 5.97 Å². The second-order valence-corrected chi connectivity index (χ2v) is 4.65. The molecule has 0 spiro atoms. The van der Waals surface area contributed by atoms with Crippen molar-refractivity contribution in [2.24, 2.45) is 5.41 Å². The molecular formula is C12H15FO2. The summed E-state index contributed by atoms with van der Waals surface area (Å²) in [6.07, 6.45) is 0. The van der Waals surface area contributed by atoms with E-state index in [-0.39, 0.29) is 11.0 Å². The first-order chi connectivity index (χ1) is 6.88. The van der Waals surface area contributed by atoms with Crippen LogP contribution >= 0.6 is 0 Å². The predicted molar refractivity (Wildman–Crippen MR) is 56.1 cm³/mol. The van der Waals surface area contributed by atoms with E-state index in [1.165, 1.54) is 24.3 Å². The molecule has 0 aliphatic heterocycles. The van der Waals surface area contributed by atoms with Crippen LogP contribution < -0.4 is 0 Å². The fourth-order valence-electron chi connectivity index (χ4n) is 0.981. The summed E-state index contributed by atoms with van der Waals surface area (Å²) in [4.78, 5) is 11.5. The molecule has 15 heavy (non-hydrogen) atoms. The maximum atomic E-state index is 12.8. The van der Waals surface area contributed by atoms with E-state index in [1.807, 2.05) is 20.8 Å². The number of esters is 1. The lowest BCUT2D eigenvalue weighted by Crippen LogP contribution is -2.18. The van der Waals surface area contributed by atoms with Crippen molar-refractivity contribution in [2.45, 2.75) is 20.8 Å². The van der Waals surface area contributed by atoms with Crippen molar-refractivity contribution in [3.05, 3.63) is 35.6 Å². The molecule has 1 rings (SSSR count). The van der Waals surface area contributed by atoms with Gasteiger partial charge in [0.25, 0.3) is 0 Å². The minimum absolute atomic E-state index is 0.0804. The van der Waals surface area contributed by atoms with Crippen LogP contribution in [-0.2, 0) is 4.74 Å². The number of hydrogen-bond acceptors (Lipinski definition) is 2. The number of halogens is 1. The molecule has 0 amide bonds. The Morgan fingerprint density at radius 3 is 2.60 bits per heavy atom. The number of ether oxygens (including phenoxy) is 1. The molecule has 0 atom stereocenters. The van der Waals surface area contributed by atoms with Gasteiger partial charge in [0, 0.05) is 0 Å². The number of hydrogen-bond donors (Lipinski definition) is 0. The van der Waals surface area contributed by atoms with E-state index in [4.69, 9.17) is 4.74 Å². The van der Waals surface area contributed by atoms with Gasteiger partial charge in [-0.05, 0) is 23.6 Å². The van der Waals surface area contributed by atoms with Gasteiger partial charge in [-0.25, -0.2) is 9.18 Å². The first-order valence-corrected chi connectivity index (χ1v) is 4.81. The van der Waals surface area contributed by atoms with Gasteiger partial charge in [-0.1, -0.05) is 26.8 Å². The third-order valence-corrected chi connectivity index (χ3v) is 1.70. The highest BCUT2D eigenvalue weighted by Crippen LogP contribution is 2.14. The average molecular weight is 210 g/mol. The minimum atomic E-state index is -0.482. The maximum absolute atomic E-state index is 12.8. The second-order valence-electron chi connectivity index (χ2n) is 4.65. The molecule has 0 aliphatic rings. The zero-order valence-corrected chi connectivity index (χ0v) is 9.21. The van der Waals surface area contributed by atoms with E-state index in [1.54, 1.807) is 0 Å². The number of benzene rings is 1. The Hall–Kier alpha value is -1.38. The van der Waals surface area contributed by atoms with Gasteiger partial charge in [0.05, 0.1) is 12.2 Å². The summed E-state index contributed by atoms with van der Waals surface area (Å²) in [5, 5.41) is 0. The molecule has 0 heterocycles. The lowest BCUT2D eigenvalue weighted by atomic mass is 9.99. The summed E-state index contributed by atoms with van der Waals surface area (Å²) < 4.78 is 17.8. The van der Waals surface area contributed by atoms with Crippen LogP contribution in [0.3, 0.4) is 0 Å². The molecule has 2 nitrogen and oxygen atoms in total. The Morgan fingerprint density at radius 1 is 1.40 bits per heavy atom. The average Bonchev–Trinajstić information content (AvgIpc) is 2.13. The Kier molecular flexibility index (Phi) is 3.45.